The summed E-state index contributed by atoms with van der Waals surface area (Å²) in [6, 6.07) is 10.5. The zero-order valence-corrected chi connectivity index (χ0v) is 26.6. The van der Waals surface area contributed by atoms with E-state index in [0.717, 1.165) is 74.3 Å². The topological polar surface area (TPSA) is 89.3 Å². The number of fused-ring (bicyclic) bond motifs is 1. The third-order valence-corrected chi connectivity index (χ3v) is 8.21. The van der Waals surface area contributed by atoms with E-state index in [2.05, 4.69) is 28.8 Å². The summed E-state index contributed by atoms with van der Waals surface area (Å²) in [5.74, 6) is 0.770. The van der Waals surface area contributed by atoms with Crippen molar-refractivity contribution in [3.63, 3.8) is 0 Å². The number of piperidine rings is 2. The van der Waals surface area contributed by atoms with Crippen LogP contribution in [0.2, 0.25) is 0 Å². The highest BCUT2D eigenvalue weighted by molar-refractivity contribution is 5.69. The van der Waals surface area contributed by atoms with Crippen molar-refractivity contribution in [3.05, 3.63) is 54.0 Å². The SMILES string of the molecule is CC(C)(C)OC(=O)N1CCC(CCc2ccn3c(-c4cccc(C5CCCN(C(=O)OC(C)(C)C)C5)n4)cnc3c2)CC1. The smallest absolute Gasteiger partial charge is 0.410 e. The van der Waals surface area contributed by atoms with Gasteiger partial charge in [-0.1, -0.05) is 6.07 Å². The number of carbonyl (C=O) groups is 2. The Morgan fingerprint density at radius 1 is 0.907 bits per heavy atom. The van der Waals surface area contributed by atoms with Gasteiger partial charge in [-0.3, -0.25) is 9.38 Å². The van der Waals surface area contributed by atoms with Crippen LogP contribution in [-0.4, -0.2) is 73.7 Å². The van der Waals surface area contributed by atoms with Crippen LogP contribution in [0.1, 0.15) is 90.8 Å². The van der Waals surface area contributed by atoms with Crippen LogP contribution in [0.3, 0.4) is 0 Å². The van der Waals surface area contributed by atoms with Gasteiger partial charge in [-0.2, -0.15) is 0 Å². The van der Waals surface area contributed by atoms with Crippen molar-refractivity contribution in [1.82, 2.24) is 24.2 Å². The molecule has 5 heterocycles. The van der Waals surface area contributed by atoms with Crippen molar-refractivity contribution in [3.8, 4) is 11.4 Å². The van der Waals surface area contributed by atoms with Gasteiger partial charge in [-0.25, -0.2) is 14.6 Å². The van der Waals surface area contributed by atoms with Crippen LogP contribution in [0.15, 0.2) is 42.7 Å². The van der Waals surface area contributed by atoms with E-state index in [1.807, 2.05) is 69.7 Å². The Kier molecular flexibility index (Phi) is 8.99. The molecule has 3 aromatic rings. The van der Waals surface area contributed by atoms with Crippen LogP contribution < -0.4 is 0 Å². The van der Waals surface area contributed by atoms with Gasteiger partial charge in [0.25, 0.3) is 0 Å². The van der Waals surface area contributed by atoms with E-state index in [-0.39, 0.29) is 18.1 Å². The average Bonchev–Trinajstić information content (AvgIpc) is 3.38. The zero-order valence-electron chi connectivity index (χ0n) is 26.6. The van der Waals surface area contributed by atoms with Gasteiger partial charge in [0.05, 0.1) is 17.6 Å². The largest absolute Gasteiger partial charge is 0.444 e. The molecule has 2 aliphatic rings. The van der Waals surface area contributed by atoms with E-state index in [1.165, 1.54) is 5.56 Å². The molecular formula is C34H47N5O4. The summed E-state index contributed by atoms with van der Waals surface area (Å²) in [4.78, 5) is 38.5. The predicted octanol–water partition coefficient (Wildman–Crippen LogP) is 7.09. The molecule has 0 saturated carbocycles. The maximum absolute atomic E-state index is 12.7. The summed E-state index contributed by atoms with van der Waals surface area (Å²) < 4.78 is 13.3. The predicted molar refractivity (Wildman–Crippen MR) is 167 cm³/mol. The number of aryl methyl sites for hydroxylation is 1. The van der Waals surface area contributed by atoms with Gasteiger partial charge in [0.15, 0.2) is 0 Å². The lowest BCUT2D eigenvalue weighted by Gasteiger charge is -2.34. The second-order valence-corrected chi connectivity index (χ2v) is 14.1. The van der Waals surface area contributed by atoms with Gasteiger partial charge in [0.1, 0.15) is 16.8 Å². The summed E-state index contributed by atoms with van der Waals surface area (Å²) >= 11 is 0. The molecule has 5 rings (SSSR count). The monoisotopic (exact) mass is 589 g/mol. The second kappa shape index (κ2) is 12.5. The van der Waals surface area contributed by atoms with Crippen molar-refractivity contribution >= 4 is 17.8 Å². The Balaban J connectivity index is 1.19. The number of aromatic nitrogens is 3. The lowest BCUT2D eigenvalue weighted by atomic mass is 9.91. The van der Waals surface area contributed by atoms with Crippen LogP contribution in [0.5, 0.6) is 0 Å². The normalized spacial score (nSPS) is 18.6. The number of hydrogen-bond donors (Lipinski definition) is 0. The standard InChI is InChI=1S/C34H47N5O4/c1-33(2,3)42-31(40)37-18-14-24(15-19-37)12-13-25-16-20-39-29(22-35-30(39)21-25)28-11-7-10-27(36-28)26-9-8-17-38(23-26)32(41)43-34(4,5)6/h7,10-11,16,20-22,24,26H,8-9,12-15,17-19,23H2,1-6H3. The van der Waals surface area contributed by atoms with Crippen LogP contribution in [0.25, 0.3) is 17.0 Å². The van der Waals surface area contributed by atoms with Crippen LogP contribution in [0.4, 0.5) is 9.59 Å². The Morgan fingerprint density at radius 2 is 1.60 bits per heavy atom. The first kappa shape index (κ1) is 30.8. The Bertz CT molecular complexity index is 1430. The fraction of sp³-hybridized carbons (Fsp3) is 0.588. The van der Waals surface area contributed by atoms with Gasteiger partial charge >= 0.3 is 12.2 Å². The van der Waals surface area contributed by atoms with E-state index in [1.54, 1.807) is 0 Å². The average molecular weight is 590 g/mol. The highest BCUT2D eigenvalue weighted by Crippen LogP contribution is 2.30. The number of rotatable bonds is 5. The molecule has 0 spiro atoms. The third-order valence-electron chi connectivity index (χ3n) is 8.21. The molecule has 0 radical (unpaired) electrons. The molecule has 2 amide bonds. The molecular weight excluding hydrogens is 542 g/mol. The molecule has 1 atom stereocenters. The molecule has 2 aliphatic heterocycles. The van der Waals surface area contributed by atoms with Gasteiger partial charge in [0.2, 0.25) is 0 Å². The maximum Gasteiger partial charge on any atom is 0.410 e. The first-order valence-corrected chi connectivity index (χ1v) is 15.7. The molecule has 43 heavy (non-hydrogen) atoms. The molecule has 2 fully saturated rings. The summed E-state index contributed by atoms with van der Waals surface area (Å²) in [6.45, 7) is 14.3. The van der Waals surface area contributed by atoms with Gasteiger partial charge in [-0.05, 0) is 116 Å². The van der Waals surface area contributed by atoms with E-state index >= 15 is 0 Å². The third kappa shape index (κ3) is 8.06. The number of ether oxygens (including phenoxy) is 2. The number of amides is 2. The van der Waals surface area contributed by atoms with Crippen LogP contribution in [0, 0.1) is 5.92 Å². The molecule has 9 heteroatoms. The molecule has 2 saturated heterocycles. The lowest BCUT2D eigenvalue weighted by molar-refractivity contribution is 0.0176. The van der Waals surface area contributed by atoms with Gasteiger partial charge in [-0.15, -0.1) is 0 Å². The van der Waals surface area contributed by atoms with E-state index < -0.39 is 11.2 Å². The van der Waals surface area contributed by atoms with Gasteiger partial charge in [0, 0.05) is 44.0 Å². The van der Waals surface area contributed by atoms with E-state index in [9.17, 15) is 9.59 Å². The minimum Gasteiger partial charge on any atom is -0.444 e. The second-order valence-electron chi connectivity index (χ2n) is 14.1. The van der Waals surface area contributed by atoms with Gasteiger partial charge < -0.3 is 19.3 Å². The van der Waals surface area contributed by atoms with E-state index in [4.69, 9.17) is 19.4 Å². The molecule has 1 unspecified atom stereocenters. The van der Waals surface area contributed by atoms with Crippen LogP contribution in [-0.2, 0) is 15.9 Å². The molecule has 232 valence electrons. The van der Waals surface area contributed by atoms with Crippen molar-refractivity contribution in [2.24, 2.45) is 5.92 Å². The molecule has 9 nitrogen and oxygen atoms in total. The first-order chi connectivity index (χ1) is 20.3. The number of likely N-dealkylation sites (tertiary alicyclic amines) is 2. The zero-order chi connectivity index (χ0) is 30.8. The van der Waals surface area contributed by atoms with Crippen molar-refractivity contribution in [1.29, 1.82) is 0 Å². The van der Waals surface area contributed by atoms with Crippen molar-refractivity contribution < 1.29 is 19.1 Å². The Labute approximate surface area is 255 Å². The van der Waals surface area contributed by atoms with Crippen molar-refractivity contribution in [2.45, 2.75) is 97.2 Å². The minimum atomic E-state index is -0.508. The number of carbonyl (C=O) groups excluding carboxylic acids is 2. The maximum atomic E-state index is 12.7. The van der Waals surface area contributed by atoms with Crippen molar-refractivity contribution in [2.75, 3.05) is 26.2 Å². The lowest BCUT2D eigenvalue weighted by Crippen LogP contribution is -2.42. The van der Waals surface area contributed by atoms with Crippen LogP contribution >= 0.6 is 0 Å². The van der Waals surface area contributed by atoms with E-state index in [0.29, 0.717) is 19.0 Å². The number of nitrogens with zero attached hydrogens (tertiary/aromatic N) is 5. The quantitative estimate of drug-likeness (QED) is 0.316. The Morgan fingerprint density at radius 3 is 2.30 bits per heavy atom. The number of hydrogen-bond acceptors (Lipinski definition) is 6. The fourth-order valence-corrected chi connectivity index (χ4v) is 6.00. The molecule has 0 aromatic carbocycles. The minimum absolute atomic E-state index is 0.169. The molecule has 3 aromatic heterocycles. The summed E-state index contributed by atoms with van der Waals surface area (Å²) in [5, 5.41) is 0. The molecule has 0 aliphatic carbocycles. The number of imidazole rings is 1. The highest BCUT2D eigenvalue weighted by Gasteiger charge is 2.30. The molecule has 0 bridgehead atoms. The Hall–Kier alpha value is -3.62. The summed E-state index contributed by atoms with van der Waals surface area (Å²) in [6.07, 6.45) is 9.55. The highest BCUT2D eigenvalue weighted by atomic mass is 16.6. The summed E-state index contributed by atoms with van der Waals surface area (Å²) in [5.41, 5.74) is 4.04. The first-order valence-electron chi connectivity index (χ1n) is 15.7. The number of pyridine rings is 2. The molecule has 0 N–H and O–H groups in total. The summed E-state index contributed by atoms with van der Waals surface area (Å²) in [7, 11) is 0. The fourth-order valence-electron chi connectivity index (χ4n) is 6.00.